The summed E-state index contributed by atoms with van der Waals surface area (Å²) in [5.74, 6) is 1.08. The molecule has 8 heteroatoms. The second-order valence-electron chi connectivity index (χ2n) is 6.62. The number of nitriles is 1. The number of benzene rings is 2. The number of thiophene rings is 1. The van der Waals surface area contributed by atoms with E-state index in [0.29, 0.717) is 39.0 Å². The van der Waals surface area contributed by atoms with Gasteiger partial charge in [-0.3, -0.25) is 9.36 Å². The molecule has 5 aromatic rings. The molecule has 3 aromatic heterocycles. The van der Waals surface area contributed by atoms with Gasteiger partial charge in [0.05, 0.1) is 38.8 Å². The van der Waals surface area contributed by atoms with Gasteiger partial charge in [-0.05, 0) is 47.8 Å². The maximum atomic E-state index is 13.3. The van der Waals surface area contributed by atoms with E-state index >= 15 is 0 Å². The van der Waals surface area contributed by atoms with Crippen LogP contribution in [-0.2, 0) is 5.75 Å². The number of aromatic nitrogens is 3. The fourth-order valence-electron chi connectivity index (χ4n) is 3.15. The Morgan fingerprint density at radius 1 is 1.06 bits per heavy atom. The SMILES string of the molecule is N#Cc1ccc(-n2c(SCc3coc(-c4cccs4)n3)nc3ccccc3c2=O)cc1. The molecule has 0 unspecified atom stereocenters. The van der Waals surface area contributed by atoms with E-state index in [1.807, 2.05) is 35.7 Å². The van der Waals surface area contributed by atoms with Gasteiger partial charge in [-0.25, -0.2) is 9.97 Å². The zero-order chi connectivity index (χ0) is 21.2. The van der Waals surface area contributed by atoms with Gasteiger partial charge in [-0.1, -0.05) is 30.0 Å². The molecule has 0 fully saturated rings. The van der Waals surface area contributed by atoms with Crippen LogP contribution >= 0.6 is 23.1 Å². The highest BCUT2D eigenvalue weighted by Crippen LogP contribution is 2.28. The average molecular weight is 443 g/mol. The van der Waals surface area contributed by atoms with Crippen LogP contribution in [0.2, 0.25) is 0 Å². The molecule has 150 valence electrons. The van der Waals surface area contributed by atoms with E-state index in [0.717, 1.165) is 10.6 Å². The first-order valence-electron chi connectivity index (χ1n) is 9.36. The fraction of sp³-hybridized carbons (Fsp3) is 0.0435. The van der Waals surface area contributed by atoms with E-state index in [2.05, 4.69) is 11.1 Å². The van der Waals surface area contributed by atoms with Crippen LogP contribution < -0.4 is 5.56 Å². The number of fused-ring (bicyclic) bond motifs is 1. The number of hydrogen-bond donors (Lipinski definition) is 0. The number of thioether (sulfide) groups is 1. The van der Waals surface area contributed by atoms with Gasteiger partial charge in [0.2, 0.25) is 5.89 Å². The largest absolute Gasteiger partial charge is 0.444 e. The van der Waals surface area contributed by atoms with Gasteiger partial charge < -0.3 is 4.42 Å². The summed E-state index contributed by atoms with van der Waals surface area (Å²) in [5, 5.41) is 12.1. The van der Waals surface area contributed by atoms with Gasteiger partial charge >= 0.3 is 0 Å². The second-order valence-corrected chi connectivity index (χ2v) is 8.51. The van der Waals surface area contributed by atoms with Crippen LogP contribution in [0, 0.1) is 11.3 Å². The van der Waals surface area contributed by atoms with E-state index in [4.69, 9.17) is 14.7 Å². The zero-order valence-corrected chi connectivity index (χ0v) is 17.7. The van der Waals surface area contributed by atoms with Gasteiger partial charge in [0, 0.05) is 5.75 Å². The zero-order valence-electron chi connectivity index (χ0n) is 16.1. The normalized spacial score (nSPS) is 10.9. The number of hydrogen-bond acceptors (Lipinski definition) is 7. The van der Waals surface area contributed by atoms with Crippen molar-refractivity contribution in [3.8, 4) is 22.5 Å². The molecule has 0 spiro atoms. The highest BCUT2D eigenvalue weighted by Gasteiger charge is 2.15. The highest BCUT2D eigenvalue weighted by atomic mass is 32.2. The Morgan fingerprint density at radius 3 is 2.68 bits per heavy atom. The van der Waals surface area contributed by atoms with Crippen molar-refractivity contribution in [2.24, 2.45) is 0 Å². The minimum absolute atomic E-state index is 0.155. The molecular formula is C23H14N4O2S2. The first-order valence-corrected chi connectivity index (χ1v) is 11.2. The number of oxazole rings is 1. The van der Waals surface area contributed by atoms with Crippen LogP contribution in [0.1, 0.15) is 11.3 Å². The molecule has 2 aromatic carbocycles. The summed E-state index contributed by atoms with van der Waals surface area (Å²) < 4.78 is 7.18. The van der Waals surface area contributed by atoms with Crippen molar-refractivity contribution in [2.75, 3.05) is 0 Å². The molecule has 0 saturated carbocycles. The molecule has 0 aliphatic heterocycles. The Morgan fingerprint density at radius 2 is 1.90 bits per heavy atom. The summed E-state index contributed by atoms with van der Waals surface area (Å²) in [4.78, 5) is 23.5. The fourth-order valence-corrected chi connectivity index (χ4v) is 4.69. The molecule has 3 heterocycles. The van der Waals surface area contributed by atoms with Gasteiger partial charge in [0.25, 0.3) is 5.56 Å². The minimum atomic E-state index is -0.155. The van der Waals surface area contributed by atoms with Crippen LogP contribution in [0.25, 0.3) is 27.4 Å². The molecule has 5 rings (SSSR count). The first kappa shape index (κ1) is 19.3. The van der Waals surface area contributed by atoms with Crippen LogP contribution in [-0.4, -0.2) is 14.5 Å². The van der Waals surface area contributed by atoms with Crippen molar-refractivity contribution in [1.29, 1.82) is 5.26 Å². The third-order valence-corrected chi connectivity index (χ3v) is 6.46. The lowest BCUT2D eigenvalue weighted by Gasteiger charge is -2.13. The summed E-state index contributed by atoms with van der Waals surface area (Å²) in [6.07, 6.45) is 1.63. The molecule has 0 aliphatic rings. The van der Waals surface area contributed by atoms with Gasteiger partial charge in [0.1, 0.15) is 6.26 Å². The maximum absolute atomic E-state index is 13.3. The lowest BCUT2D eigenvalue weighted by Crippen LogP contribution is -2.21. The van der Waals surface area contributed by atoms with Crippen molar-refractivity contribution in [3.05, 3.63) is 93.9 Å². The Bertz CT molecular complexity index is 1460. The number of para-hydroxylation sites is 1. The predicted octanol–water partition coefficient (Wildman–Crippen LogP) is 5.27. The first-order chi connectivity index (χ1) is 15.2. The van der Waals surface area contributed by atoms with Crippen molar-refractivity contribution in [2.45, 2.75) is 10.9 Å². The summed E-state index contributed by atoms with van der Waals surface area (Å²) >= 11 is 2.98. The van der Waals surface area contributed by atoms with E-state index < -0.39 is 0 Å². The number of rotatable bonds is 5. The van der Waals surface area contributed by atoms with E-state index in [9.17, 15) is 4.79 Å². The molecule has 0 bridgehead atoms. The van der Waals surface area contributed by atoms with Gasteiger partial charge in [-0.2, -0.15) is 5.26 Å². The maximum Gasteiger partial charge on any atom is 0.266 e. The monoisotopic (exact) mass is 442 g/mol. The second kappa shape index (κ2) is 8.22. The van der Waals surface area contributed by atoms with Gasteiger partial charge in [-0.15, -0.1) is 11.3 Å². The van der Waals surface area contributed by atoms with Crippen LogP contribution in [0.3, 0.4) is 0 Å². The molecular weight excluding hydrogens is 428 g/mol. The Balaban J connectivity index is 1.54. The molecule has 0 saturated heterocycles. The lowest BCUT2D eigenvalue weighted by atomic mass is 10.2. The van der Waals surface area contributed by atoms with E-state index in [1.54, 1.807) is 52.5 Å². The minimum Gasteiger partial charge on any atom is -0.444 e. The Labute approximate surface area is 185 Å². The van der Waals surface area contributed by atoms with Crippen molar-refractivity contribution in [1.82, 2.24) is 14.5 Å². The van der Waals surface area contributed by atoms with Crippen molar-refractivity contribution < 1.29 is 4.42 Å². The van der Waals surface area contributed by atoms with Crippen LogP contribution in [0.5, 0.6) is 0 Å². The molecule has 0 atom stereocenters. The third kappa shape index (κ3) is 3.77. The molecule has 0 N–H and O–H groups in total. The standard InChI is InChI=1S/C23H14N4O2S2/c24-12-15-7-9-17(10-8-15)27-22(28)18-4-1-2-5-19(18)26-23(27)31-14-16-13-29-21(25-16)20-6-3-11-30-20/h1-11,13H,14H2. The quantitative estimate of drug-likeness (QED) is 0.272. The van der Waals surface area contributed by atoms with E-state index in [-0.39, 0.29) is 5.56 Å². The van der Waals surface area contributed by atoms with Crippen LogP contribution in [0.4, 0.5) is 0 Å². The molecule has 0 amide bonds. The summed E-state index contributed by atoms with van der Waals surface area (Å²) in [6, 6.07) is 20.2. The van der Waals surface area contributed by atoms with Crippen molar-refractivity contribution in [3.63, 3.8) is 0 Å². The average Bonchev–Trinajstić information content (AvgIpc) is 3.50. The predicted molar refractivity (Wildman–Crippen MR) is 121 cm³/mol. The van der Waals surface area contributed by atoms with Gasteiger partial charge in [0.15, 0.2) is 5.16 Å². The van der Waals surface area contributed by atoms with Crippen LogP contribution in [0.15, 0.2) is 86.7 Å². The Kier molecular flexibility index (Phi) is 5.12. The van der Waals surface area contributed by atoms with Crippen molar-refractivity contribution >= 4 is 34.0 Å². The highest BCUT2D eigenvalue weighted by molar-refractivity contribution is 7.98. The number of nitrogens with zero attached hydrogens (tertiary/aromatic N) is 4. The topological polar surface area (TPSA) is 84.7 Å². The summed E-state index contributed by atoms with van der Waals surface area (Å²) in [6.45, 7) is 0. The third-order valence-electron chi connectivity index (χ3n) is 4.63. The van der Waals surface area contributed by atoms with E-state index in [1.165, 1.54) is 11.8 Å². The molecule has 0 aliphatic carbocycles. The Hall–Kier alpha value is -3.67. The summed E-state index contributed by atoms with van der Waals surface area (Å²) in [5.41, 5.74) is 2.44. The molecule has 31 heavy (non-hydrogen) atoms. The molecule has 0 radical (unpaired) electrons. The smallest absolute Gasteiger partial charge is 0.266 e. The summed E-state index contributed by atoms with van der Waals surface area (Å²) in [7, 11) is 0. The lowest BCUT2D eigenvalue weighted by molar-refractivity contribution is 0.575. The molecule has 6 nitrogen and oxygen atoms in total.